The van der Waals surface area contributed by atoms with Crippen LogP contribution in [-0.4, -0.2) is 0 Å². The molecule has 0 saturated carbocycles. The SMILES string of the molecule is O=P([O-])([O-])[O-].[NH4+].[NH4+].[NH4+].[NH4+].[NH4+].[O]=[W](=[O])([O-])[O-]. The van der Waals surface area contributed by atoms with Gasteiger partial charge in [0.05, 0.1) is 0 Å². The summed E-state index contributed by atoms with van der Waals surface area (Å²) in [6.07, 6.45) is 0. The zero-order chi connectivity index (χ0) is 9.00. The van der Waals surface area contributed by atoms with Crippen LogP contribution in [0.15, 0.2) is 0 Å². The minimum absolute atomic E-state index is 0. The molecule has 0 saturated heterocycles. The molecule has 0 heterocycles. The summed E-state index contributed by atoms with van der Waals surface area (Å²) in [4.78, 5) is 25.6. The molecule has 0 atom stereocenters. The minimum atomic E-state index is -6.17. The van der Waals surface area contributed by atoms with Crippen molar-refractivity contribution in [1.29, 1.82) is 0 Å². The van der Waals surface area contributed by atoms with Crippen LogP contribution in [0.5, 0.6) is 0 Å². The van der Waals surface area contributed by atoms with E-state index in [1.54, 1.807) is 0 Å². The van der Waals surface area contributed by atoms with Gasteiger partial charge in [-0.3, -0.25) is 0 Å². The molecule has 0 radical (unpaired) electrons. The zero-order valence-corrected chi connectivity index (χ0v) is 12.9. The molecular formula is H20N5O8PW. The van der Waals surface area contributed by atoms with Crippen LogP contribution in [-0.2, 0) is 28.1 Å². The number of hydrogen-bond donors (Lipinski definition) is 5. The first kappa shape index (κ1) is 45.7. The number of rotatable bonds is 0. The van der Waals surface area contributed by atoms with E-state index in [1.165, 1.54) is 0 Å². The van der Waals surface area contributed by atoms with E-state index >= 15 is 0 Å². The summed E-state index contributed by atoms with van der Waals surface area (Å²) in [7, 11) is -5.39. The zero-order valence-electron chi connectivity index (χ0n) is 9.12. The number of quaternary nitrogens is 5. The Hall–Kier alpha value is 0.118. The molecular weight excluding hydrogens is 413 g/mol. The second-order valence-electron chi connectivity index (χ2n) is 0.855. The van der Waals surface area contributed by atoms with Gasteiger partial charge >= 0.3 is 31.1 Å². The second kappa shape index (κ2) is 16.5. The standard InChI is InChI=1S/5H3N.H3O4P.4O.W/c;;;;;1-5(2,3)4;;;;;/h5*1H3;(H3,1,2,3,4);;;;;/q;;;;;;;;2*-1;/p+2. The van der Waals surface area contributed by atoms with E-state index in [2.05, 4.69) is 0 Å². The monoisotopic (exact) mass is 433 g/mol. The van der Waals surface area contributed by atoms with Crippen molar-refractivity contribution in [1.82, 2.24) is 30.8 Å². The average molecular weight is 433 g/mol. The molecule has 0 aromatic rings. The summed E-state index contributed by atoms with van der Waals surface area (Å²) in [5.41, 5.74) is 0. The average Bonchev–Trinajstić information content (AvgIpc) is 1.12. The molecule has 0 aromatic carbocycles. The normalized spacial score (nSPS) is 7.80. The van der Waals surface area contributed by atoms with Crippen molar-refractivity contribution in [3.8, 4) is 0 Å². The topological polar surface area (TPSA) is 349 Å². The molecule has 0 aliphatic carbocycles. The number of hydrogen-bond acceptors (Lipinski definition) is 8. The van der Waals surface area contributed by atoms with Crippen molar-refractivity contribution < 1.29 is 50.3 Å². The van der Waals surface area contributed by atoms with Crippen LogP contribution in [0.3, 0.4) is 0 Å². The van der Waals surface area contributed by atoms with Crippen molar-refractivity contribution in [3.05, 3.63) is 0 Å². The predicted molar refractivity (Wildman–Crippen MR) is 38.9 cm³/mol. The summed E-state index contributed by atoms with van der Waals surface area (Å²) < 4.78 is 43.1. The second-order valence-corrected chi connectivity index (χ2v) is 4.68. The molecule has 20 N–H and O–H groups in total. The van der Waals surface area contributed by atoms with Crippen LogP contribution in [0, 0.1) is 0 Å². The van der Waals surface area contributed by atoms with E-state index in [-0.39, 0.29) is 30.8 Å². The molecule has 0 rings (SSSR count). The van der Waals surface area contributed by atoms with Gasteiger partial charge in [0, 0.05) is 0 Å². The first-order chi connectivity index (χ1) is 4.00. The molecule has 0 spiro atoms. The molecule has 0 amide bonds. The van der Waals surface area contributed by atoms with Gasteiger partial charge in [-0.05, 0) is 0 Å². The van der Waals surface area contributed by atoms with Crippen LogP contribution >= 0.6 is 7.82 Å². The molecule has 0 aromatic heterocycles. The van der Waals surface area contributed by atoms with E-state index in [9.17, 15) is 0 Å². The fourth-order valence-electron chi connectivity index (χ4n) is 0. The molecule has 0 aliphatic rings. The van der Waals surface area contributed by atoms with Gasteiger partial charge in [-0.1, -0.05) is 0 Å². The Morgan fingerprint density at radius 2 is 0.733 bits per heavy atom. The summed E-state index contributed by atoms with van der Waals surface area (Å²) in [5, 5.41) is 0. The van der Waals surface area contributed by atoms with Crippen LogP contribution in [0.4, 0.5) is 0 Å². The van der Waals surface area contributed by atoms with Gasteiger partial charge in [0.25, 0.3) is 0 Å². The molecule has 15 heteroatoms. The van der Waals surface area contributed by atoms with Crippen molar-refractivity contribution in [2.45, 2.75) is 0 Å². The molecule has 104 valence electrons. The summed E-state index contributed by atoms with van der Waals surface area (Å²) in [5.74, 6) is 0. The summed E-state index contributed by atoms with van der Waals surface area (Å²) in [6, 6.07) is 0. The Balaban J connectivity index is -0.0000000128. The van der Waals surface area contributed by atoms with E-state index in [4.69, 9.17) is 33.6 Å². The van der Waals surface area contributed by atoms with Crippen LogP contribution in [0.1, 0.15) is 0 Å². The van der Waals surface area contributed by atoms with Gasteiger partial charge in [-0.25, -0.2) is 0 Å². The van der Waals surface area contributed by atoms with E-state index in [0.717, 1.165) is 0 Å². The van der Waals surface area contributed by atoms with Gasteiger partial charge in [0.1, 0.15) is 0 Å². The van der Waals surface area contributed by atoms with Crippen molar-refractivity contribution in [2.24, 2.45) is 0 Å². The molecule has 15 heavy (non-hydrogen) atoms. The fourth-order valence-corrected chi connectivity index (χ4v) is 0. The number of phosphoric acid groups is 1. The Morgan fingerprint density at radius 1 is 0.733 bits per heavy atom. The first-order valence-corrected chi connectivity index (χ1v) is 7.65. The Labute approximate surface area is 89.4 Å². The van der Waals surface area contributed by atoms with Crippen molar-refractivity contribution >= 4 is 7.82 Å². The third-order valence-electron chi connectivity index (χ3n) is 0. The quantitative estimate of drug-likeness (QED) is 0.237. The van der Waals surface area contributed by atoms with Crippen molar-refractivity contribution in [2.75, 3.05) is 0 Å². The maximum atomic E-state index is 8.65. The van der Waals surface area contributed by atoms with Crippen molar-refractivity contribution in [3.63, 3.8) is 0 Å². The van der Waals surface area contributed by atoms with Gasteiger partial charge < -0.3 is 50.0 Å². The van der Waals surface area contributed by atoms with E-state index in [0.29, 0.717) is 0 Å². The summed E-state index contributed by atoms with van der Waals surface area (Å²) >= 11 is -6.17. The molecule has 13 nitrogen and oxygen atoms in total. The Kier molecular flexibility index (Phi) is 50.4. The Bertz CT molecular complexity index is 201. The van der Waals surface area contributed by atoms with Gasteiger partial charge in [-0.15, -0.1) is 0 Å². The van der Waals surface area contributed by atoms with Gasteiger partial charge in [0.2, 0.25) is 0 Å². The fraction of sp³-hybridized carbons (Fsp3) is 0. The van der Waals surface area contributed by atoms with Gasteiger partial charge in [0.15, 0.2) is 0 Å². The summed E-state index contributed by atoms with van der Waals surface area (Å²) in [6.45, 7) is 0. The predicted octanol–water partition coefficient (Wildman–Crippen LogP) is -3.56. The van der Waals surface area contributed by atoms with Crippen LogP contribution < -0.4 is 53.0 Å². The molecule has 0 unspecified atom stereocenters. The van der Waals surface area contributed by atoms with Crippen LogP contribution in [0.25, 0.3) is 0 Å². The molecule has 0 aliphatic heterocycles. The van der Waals surface area contributed by atoms with Gasteiger partial charge in [-0.2, -0.15) is 7.82 Å². The van der Waals surface area contributed by atoms with Crippen LogP contribution in [0.2, 0.25) is 0 Å². The molecule has 0 fully saturated rings. The molecule has 0 bridgehead atoms. The first-order valence-electron chi connectivity index (χ1n) is 1.40. The third kappa shape index (κ3) is 148000. The van der Waals surface area contributed by atoms with E-state index in [1.807, 2.05) is 0 Å². The maximum absolute atomic E-state index is 8.65. The van der Waals surface area contributed by atoms with E-state index < -0.39 is 24.6 Å². The Morgan fingerprint density at radius 3 is 0.733 bits per heavy atom. The third-order valence-corrected chi connectivity index (χ3v) is 0.